The number of hydrogen-bond donors (Lipinski definition) is 1. The number of ether oxygens (including phenoxy) is 1. The van der Waals surface area contributed by atoms with E-state index in [2.05, 4.69) is 5.10 Å². The highest BCUT2D eigenvalue weighted by molar-refractivity contribution is 7.90. The van der Waals surface area contributed by atoms with Gasteiger partial charge in [0.05, 0.1) is 10.6 Å². The number of benzene rings is 1. The molecule has 114 valence electrons. The number of rotatable bonds is 4. The molecule has 0 aliphatic rings. The maximum Gasteiger partial charge on any atom is 0.241 e. The first-order valence-electron chi connectivity index (χ1n) is 6.50. The average Bonchev–Trinajstić information content (AvgIpc) is 2.66. The lowest BCUT2D eigenvalue weighted by Crippen LogP contribution is -1.99. The highest BCUT2D eigenvalue weighted by Crippen LogP contribution is 2.33. The topological polar surface area (TPSA) is 87.2 Å². The number of aryl methyl sites for hydroxylation is 1. The predicted octanol–water partition coefficient (Wildman–Crippen LogP) is 2.32. The van der Waals surface area contributed by atoms with Crippen molar-refractivity contribution in [2.75, 3.05) is 12.0 Å². The van der Waals surface area contributed by atoms with E-state index in [-0.39, 0.29) is 10.8 Å². The van der Waals surface area contributed by atoms with E-state index in [9.17, 15) is 8.42 Å². The first-order valence-corrected chi connectivity index (χ1v) is 8.39. The Morgan fingerprint density at radius 2 is 2.00 bits per heavy atom. The predicted molar refractivity (Wildman–Crippen MR) is 81.3 cm³/mol. The van der Waals surface area contributed by atoms with Crippen molar-refractivity contribution < 1.29 is 13.2 Å². The summed E-state index contributed by atoms with van der Waals surface area (Å²) in [6, 6.07) is 6.29. The van der Waals surface area contributed by atoms with Crippen molar-refractivity contribution in [3.05, 3.63) is 30.0 Å². The maximum atomic E-state index is 11.6. The SMILES string of the molecule is CC(C)c1nn(C)c(Oc2cccc(S(C)(=O)=O)c2)c1N. The van der Waals surface area contributed by atoms with Gasteiger partial charge in [-0.05, 0) is 24.1 Å². The highest BCUT2D eigenvalue weighted by atomic mass is 32.2. The molecule has 1 heterocycles. The Hall–Kier alpha value is -2.02. The minimum absolute atomic E-state index is 0.177. The Kier molecular flexibility index (Phi) is 3.95. The Morgan fingerprint density at radius 3 is 2.52 bits per heavy atom. The van der Waals surface area contributed by atoms with E-state index >= 15 is 0 Å². The molecule has 0 saturated carbocycles. The molecule has 1 aromatic carbocycles. The summed E-state index contributed by atoms with van der Waals surface area (Å²) in [5.41, 5.74) is 7.28. The second-order valence-corrected chi connectivity index (χ2v) is 7.25. The van der Waals surface area contributed by atoms with Crippen molar-refractivity contribution in [2.45, 2.75) is 24.7 Å². The average molecular weight is 309 g/mol. The van der Waals surface area contributed by atoms with Gasteiger partial charge in [0.1, 0.15) is 11.4 Å². The minimum atomic E-state index is -3.28. The van der Waals surface area contributed by atoms with Crippen LogP contribution in [0.2, 0.25) is 0 Å². The number of nitrogens with two attached hydrogens (primary N) is 1. The second-order valence-electron chi connectivity index (χ2n) is 5.23. The lowest BCUT2D eigenvalue weighted by Gasteiger charge is -2.08. The summed E-state index contributed by atoms with van der Waals surface area (Å²) in [6.45, 7) is 3.99. The molecule has 0 unspecified atom stereocenters. The van der Waals surface area contributed by atoms with Gasteiger partial charge in [0.2, 0.25) is 5.88 Å². The fourth-order valence-electron chi connectivity index (χ4n) is 1.97. The molecule has 0 spiro atoms. The van der Waals surface area contributed by atoms with Crippen molar-refractivity contribution >= 4 is 15.5 Å². The number of hydrogen-bond acceptors (Lipinski definition) is 5. The van der Waals surface area contributed by atoms with Gasteiger partial charge >= 0.3 is 0 Å². The van der Waals surface area contributed by atoms with Gasteiger partial charge in [-0.1, -0.05) is 19.9 Å². The van der Waals surface area contributed by atoms with Gasteiger partial charge in [-0.3, -0.25) is 0 Å². The molecule has 0 atom stereocenters. The maximum absolute atomic E-state index is 11.6. The molecule has 21 heavy (non-hydrogen) atoms. The van der Waals surface area contributed by atoms with Crippen LogP contribution in [0.4, 0.5) is 5.69 Å². The molecular formula is C14H19N3O3S. The lowest BCUT2D eigenvalue weighted by atomic mass is 10.1. The van der Waals surface area contributed by atoms with Gasteiger partial charge in [0.15, 0.2) is 9.84 Å². The molecule has 1 aromatic heterocycles. The summed E-state index contributed by atoms with van der Waals surface area (Å²) in [4.78, 5) is 0.199. The molecule has 0 amide bonds. The molecular weight excluding hydrogens is 290 g/mol. The van der Waals surface area contributed by atoms with Crippen molar-refractivity contribution in [3.63, 3.8) is 0 Å². The summed E-state index contributed by atoms with van der Waals surface area (Å²) in [7, 11) is -1.55. The van der Waals surface area contributed by atoms with Crippen LogP contribution >= 0.6 is 0 Å². The summed E-state index contributed by atoms with van der Waals surface area (Å²) < 4.78 is 30.4. The normalized spacial score (nSPS) is 11.9. The quantitative estimate of drug-likeness (QED) is 0.936. The van der Waals surface area contributed by atoms with Crippen molar-refractivity contribution in [3.8, 4) is 11.6 Å². The van der Waals surface area contributed by atoms with Crippen molar-refractivity contribution in [1.82, 2.24) is 9.78 Å². The number of anilines is 1. The molecule has 0 radical (unpaired) electrons. The molecule has 0 saturated heterocycles. The molecule has 7 heteroatoms. The summed E-state index contributed by atoms with van der Waals surface area (Å²) in [5, 5.41) is 4.33. The Balaban J connectivity index is 2.40. The van der Waals surface area contributed by atoms with Crippen LogP contribution in [-0.2, 0) is 16.9 Å². The summed E-state index contributed by atoms with van der Waals surface area (Å²) in [5.74, 6) is 0.989. The zero-order valence-electron chi connectivity index (χ0n) is 12.5. The van der Waals surface area contributed by atoms with Gasteiger partial charge in [0, 0.05) is 13.3 Å². The standard InChI is InChI=1S/C14H19N3O3S/c1-9(2)13-12(15)14(17(3)16-13)20-10-6-5-7-11(8-10)21(4,18)19/h5-9H,15H2,1-4H3. The van der Waals surface area contributed by atoms with E-state index in [0.717, 1.165) is 11.9 Å². The van der Waals surface area contributed by atoms with Crippen LogP contribution in [0.25, 0.3) is 0 Å². The smallest absolute Gasteiger partial charge is 0.241 e. The van der Waals surface area contributed by atoms with Gasteiger partial charge in [-0.25, -0.2) is 13.1 Å². The Morgan fingerprint density at radius 1 is 1.33 bits per heavy atom. The molecule has 0 fully saturated rings. The second kappa shape index (κ2) is 5.40. The molecule has 2 N–H and O–H groups in total. The largest absolute Gasteiger partial charge is 0.437 e. The zero-order valence-corrected chi connectivity index (χ0v) is 13.3. The third-order valence-corrected chi connectivity index (χ3v) is 4.16. The number of nitrogens with zero attached hydrogens (tertiary/aromatic N) is 2. The highest BCUT2D eigenvalue weighted by Gasteiger charge is 2.18. The number of nitrogen functional groups attached to an aromatic ring is 1. The Labute approximate surface area is 124 Å². The Bertz CT molecular complexity index is 764. The van der Waals surface area contributed by atoms with E-state index in [0.29, 0.717) is 17.3 Å². The van der Waals surface area contributed by atoms with Gasteiger partial charge < -0.3 is 10.5 Å². The molecule has 0 aliphatic heterocycles. The molecule has 0 aliphatic carbocycles. The van der Waals surface area contributed by atoms with Crippen LogP contribution in [0.5, 0.6) is 11.6 Å². The lowest BCUT2D eigenvalue weighted by molar-refractivity contribution is 0.431. The third-order valence-electron chi connectivity index (χ3n) is 3.05. The monoisotopic (exact) mass is 309 g/mol. The number of sulfone groups is 1. The molecule has 2 rings (SSSR count). The first kappa shape index (κ1) is 15.4. The molecule has 2 aromatic rings. The first-order chi connectivity index (χ1) is 9.70. The van der Waals surface area contributed by atoms with Crippen molar-refractivity contribution in [1.29, 1.82) is 0 Å². The van der Waals surface area contributed by atoms with Crippen LogP contribution in [0.1, 0.15) is 25.5 Å². The van der Waals surface area contributed by atoms with Gasteiger partial charge in [-0.15, -0.1) is 0 Å². The van der Waals surface area contributed by atoms with Gasteiger partial charge in [0.25, 0.3) is 0 Å². The van der Waals surface area contributed by atoms with Crippen molar-refractivity contribution in [2.24, 2.45) is 7.05 Å². The minimum Gasteiger partial charge on any atom is -0.437 e. The molecule has 6 nitrogen and oxygen atoms in total. The van der Waals surface area contributed by atoms with E-state index < -0.39 is 9.84 Å². The number of aromatic nitrogens is 2. The third kappa shape index (κ3) is 3.18. The van der Waals surface area contributed by atoms with Crippen LogP contribution in [0, 0.1) is 0 Å². The molecule has 0 bridgehead atoms. The van der Waals surface area contributed by atoms with E-state index in [1.54, 1.807) is 23.9 Å². The fourth-order valence-corrected chi connectivity index (χ4v) is 2.63. The van der Waals surface area contributed by atoms with Crippen LogP contribution in [-0.4, -0.2) is 24.5 Å². The summed E-state index contributed by atoms with van der Waals surface area (Å²) in [6.07, 6.45) is 1.15. The summed E-state index contributed by atoms with van der Waals surface area (Å²) >= 11 is 0. The van der Waals surface area contributed by atoms with E-state index in [1.807, 2.05) is 13.8 Å². The van der Waals surface area contributed by atoms with Gasteiger partial charge in [-0.2, -0.15) is 5.10 Å². The van der Waals surface area contributed by atoms with E-state index in [4.69, 9.17) is 10.5 Å². The fraction of sp³-hybridized carbons (Fsp3) is 0.357. The van der Waals surface area contributed by atoms with Crippen LogP contribution in [0.15, 0.2) is 29.2 Å². The van der Waals surface area contributed by atoms with E-state index in [1.165, 1.54) is 12.1 Å². The zero-order chi connectivity index (χ0) is 15.8. The van der Waals surface area contributed by atoms with Crippen LogP contribution in [0.3, 0.4) is 0 Å². The van der Waals surface area contributed by atoms with Crippen LogP contribution < -0.4 is 10.5 Å².